The lowest BCUT2D eigenvalue weighted by Crippen LogP contribution is -2.43. The first kappa shape index (κ1) is 16.4. The number of carbonyl (C=O) groups excluding carboxylic acids is 3. The van der Waals surface area contributed by atoms with E-state index < -0.39 is 35.7 Å². The molecule has 0 radical (unpaired) electrons. The quantitative estimate of drug-likeness (QED) is 0.544. The van der Waals surface area contributed by atoms with Crippen LogP contribution < -0.4 is 11.5 Å². The number of non-ortho nitro benzene ring substituents is 1. The Bertz CT molecular complexity index is 603. The lowest BCUT2D eigenvalue weighted by molar-refractivity contribution is -0.384. The fourth-order valence-electron chi connectivity index (χ4n) is 1.54. The van der Waals surface area contributed by atoms with Crippen molar-refractivity contribution in [1.29, 1.82) is 0 Å². The summed E-state index contributed by atoms with van der Waals surface area (Å²) < 4.78 is 0. The number of hydrogen-bond donors (Lipinski definition) is 2. The number of rotatable bonds is 6. The monoisotopic (exact) mass is 314 g/mol. The van der Waals surface area contributed by atoms with Crippen molar-refractivity contribution in [2.45, 2.75) is 0 Å². The molecule has 0 spiro atoms. The van der Waals surface area contributed by atoms with Crippen LogP contribution in [0.4, 0.5) is 5.69 Å². The summed E-state index contributed by atoms with van der Waals surface area (Å²) in [5.74, 6) is -2.60. The lowest BCUT2D eigenvalue weighted by atomic mass is 10.1. The number of hydrogen-bond acceptors (Lipinski definition) is 5. The maximum absolute atomic E-state index is 12.2. The molecule has 0 aliphatic heterocycles. The fraction of sp³-hybridized carbons (Fsp3) is 0.182. The third kappa shape index (κ3) is 4.42. The van der Waals surface area contributed by atoms with E-state index in [2.05, 4.69) is 0 Å². The molecule has 4 N–H and O–H groups in total. The molecule has 0 aliphatic carbocycles. The van der Waals surface area contributed by atoms with Crippen LogP contribution in [0, 0.1) is 10.1 Å². The van der Waals surface area contributed by atoms with E-state index in [9.17, 15) is 24.5 Å². The highest BCUT2D eigenvalue weighted by molar-refractivity contribution is 6.34. The average molecular weight is 315 g/mol. The Hall–Kier alpha value is -2.68. The smallest absolute Gasteiger partial charge is 0.270 e. The summed E-state index contributed by atoms with van der Waals surface area (Å²) in [7, 11) is 0. The van der Waals surface area contributed by atoms with Gasteiger partial charge >= 0.3 is 0 Å². The summed E-state index contributed by atoms with van der Waals surface area (Å²) in [6.07, 6.45) is 0. The summed E-state index contributed by atoms with van der Waals surface area (Å²) in [6, 6.07) is 3.23. The molecular weight excluding hydrogens is 304 g/mol. The number of amides is 3. The Labute approximate surface area is 123 Å². The SMILES string of the molecule is NC(=O)CN(CC(N)=O)C(=O)c1cc([N+](=O)[O-])ccc1Cl. The topological polar surface area (TPSA) is 150 Å². The molecule has 112 valence electrons. The van der Waals surface area contributed by atoms with Crippen molar-refractivity contribution in [3.8, 4) is 0 Å². The van der Waals surface area contributed by atoms with Crippen molar-refractivity contribution in [3.63, 3.8) is 0 Å². The molecule has 0 atom stereocenters. The second kappa shape index (κ2) is 6.66. The molecule has 0 unspecified atom stereocenters. The Balaban J connectivity index is 3.18. The van der Waals surface area contributed by atoms with Gasteiger partial charge in [0.2, 0.25) is 11.8 Å². The predicted octanol–water partition coefficient (Wildman–Crippen LogP) is -0.339. The van der Waals surface area contributed by atoms with E-state index >= 15 is 0 Å². The van der Waals surface area contributed by atoms with Gasteiger partial charge in [-0.3, -0.25) is 24.5 Å². The van der Waals surface area contributed by atoms with Gasteiger partial charge in [-0.15, -0.1) is 0 Å². The Kier molecular flexibility index (Phi) is 5.19. The zero-order chi connectivity index (χ0) is 16.2. The number of nitro benzene ring substituents is 1. The van der Waals surface area contributed by atoms with Crippen molar-refractivity contribution in [2.75, 3.05) is 13.1 Å². The molecule has 0 saturated heterocycles. The van der Waals surface area contributed by atoms with Crippen LogP contribution in [0.1, 0.15) is 10.4 Å². The van der Waals surface area contributed by atoms with Crippen LogP contribution in [0.3, 0.4) is 0 Å². The molecule has 0 aromatic heterocycles. The lowest BCUT2D eigenvalue weighted by Gasteiger charge is -2.19. The van der Waals surface area contributed by atoms with E-state index in [1.54, 1.807) is 0 Å². The second-order valence-corrected chi connectivity index (χ2v) is 4.42. The third-order valence-corrected chi connectivity index (χ3v) is 2.70. The van der Waals surface area contributed by atoms with Gasteiger partial charge in [0.15, 0.2) is 0 Å². The third-order valence-electron chi connectivity index (χ3n) is 2.37. The van der Waals surface area contributed by atoms with Crippen LogP contribution in [0.5, 0.6) is 0 Å². The first-order valence-corrected chi connectivity index (χ1v) is 5.90. The number of nitrogens with two attached hydrogens (primary N) is 2. The van der Waals surface area contributed by atoms with E-state index in [1.807, 2.05) is 0 Å². The standard InChI is InChI=1S/C11H11ClN4O5/c12-8-2-1-6(16(20)21)3-7(8)11(19)15(4-9(13)17)5-10(14)18/h1-3H,4-5H2,(H2,13,17)(H2,14,18). The van der Waals surface area contributed by atoms with Crippen molar-refractivity contribution < 1.29 is 19.3 Å². The van der Waals surface area contributed by atoms with Gasteiger partial charge < -0.3 is 16.4 Å². The fourth-order valence-corrected chi connectivity index (χ4v) is 1.74. The van der Waals surface area contributed by atoms with E-state index in [1.165, 1.54) is 6.07 Å². The molecule has 0 heterocycles. The maximum Gasteiger partial charge on any atom is 0.270 e. The van der Waals surface area contributed by atoms with Gasteiger partial charge in [0, 0.05) is 12.1 Å². The molecule has 1 aromatic carbocycles. The highest BCUT2D eigenvalue weighted by Crippen LogP contribution is 2.23. The molecule has 3 amide bonds. The number of benzene rings is 1. The summed E-state index contributed by atoms with van der Waals surface area (Å²) >= 11 is 5.81. The largest absolute Gasteiger partial charge is 0.368 e. The van der Waals surface area contributed by atoms with Gasteiger partial charge in [0.25, 0.3) is 11.6 Å². The molecule has 10 heteroatoms. The van der Waals surface area contributed by atoms with Crippen molar-refractivity contribution in [1.82, 2.24) is 4.90 Å². The van der Waals surface area contributed by atoms with Crippen molar-refractivity contribution in [3.05, 3.63) is 38.9 Å². The highest BCUT2D eigenvalue weighted by atomic mass is 35.5. The number of primary amides is 2. The summed E-state index contributed by atoms with van der Waals surface area (Å²) in [4.78, 5) is 44.8. The first-order valence-electron chi connectivity index (χ1n) is 5.52. The van der Waals surface area contributed by atoms with Crippen LogP contribution in [0.15, 0.2) is 18.2 Å². The molecule has 0 bridgehead atoms. The molecule has 0 aliphatic rings. The average Bonchev–Trinajstić information content (AvgIpc) is 2.36. The number of carbonyl (C=O) groups is 3. The second-order valence-electron chi connectivity index (χ2n) is 4.02. The maximum atomic E-state index is 12.2. The highest BCUT2D eigenvalue weighted by Gasteiger charge is 2.23. The minimum Gasteiger partial charge on any atom is -0.368 e. The Morgan fingerprint density at radius 1 is 1.19 bits per heavy atom. The van der Waals surface area contributed by atoms with E-state index in [-0.39, 0.29) is 16.3 Å². The van der Waals surface area contributed by atoms with E-state index in [0.717, 1.165) is 17.0 Å². The van der Waals surface area contributed by atoms with E-state index in [0.29, 0.717) is 0 Å². The molecule has 0 saturated carbocycles. The van der Waals surface area contributed by atoms with Gasteiger partial charge in [-0.2, -0.15) is 0 Å². The number of halogens is 1. The summed E-state index contributed by atoms with van der Waals surface area (Å²) in [5.41, 5.74) is 9.36. The van der Waals surface area contributed by atoms with Gasteiger partial charge in [0.1, 0.15) is 13.1 Å². The first-order chi connectivity index (χ1) is 9.72. The Morgan fingerprint density at radius 3 is 2.14 bits per heavy atom. The summed E-state index contributed by atoms with van der Waals surface area (Å²) in [6.45, 7) is -1.14. The zero-order valence-corrected chi connectivity index (χ0v) is 11.4. The molecular formula is C11H11ClN4O5. The van der Waals surface area contributed by atoms with Gasteiger partial charge in [0.05, 0.1) is 15.5 Å². The van der Waals surface area contributed by atoms with Crippen molar-refractivity contribution >= 4 is 35.0 Å². The Morgan fingerprint density at radius 2 is 1.71 bits per heavy atom. The van der Waals surface area contributed by atoms with Crippen LogP contribution in [0.2, 0.25) is 5.02 Å². The molecule has 0 fully saturated rings. The molecule has 21 heavy (non-hydrogen) atoms. The minimum absolute atomic E-state index is 0.0652. The molecule has 1 aromatic rings. The zero-order valence-electron chi connectivity index (χ0n) is 10.6. The van der Waals surface area contributed by atoms with Gasteiger partial charge in [-0.25, -0.2) is 0 Å². The van der Waals surface area contributed by atoms with Gasteiger partial charge in [-0.1, -0.05) is 11.6 Å². The predicted molar refractivity (Wildman–Crippen MR) is 72.4 cm³/mol. The number of nitro groups is 1. The van der Waals surface area contributed by atoms with Crippen LogP contribution >= 0.6 is 11.6 Å². The molecule has 1 rings (SSSR count). The van der Waals surface area contributed by atoms with Crippen LogP contribution in [0.25, 0.3) is 0 Å². The van der Waals surface area contributed by atoms with Crippen LogP contribution in [-0.4, -0.2) is 40.6 Å². The van der Waals surface area contributed by atoms with Crippen molar-refractivity contribution in [2.24, 2.45) is 11.5 Å². The van der Waals surface area contributed by atoms with Crippen LogP contribution in [-0.2, 0) is 9.59 Å². The summed E-state index contributed by atoms with van der Waals surface area (Å²) in [5, 5.41) is 10.6. The van der Waals surface area contributed by atoms with Gasteiger partial charge in [-0.05, 0) is 6.07 Å². The number of nitrogens with zero attached hydrogens (tertiary/aromatic N) is 2. The minimum atomic E-state index is -0.869. The molecule has 9 nitrogen and oxygen atoms in total. The van der Waals surface area contributed by atoms with E-state index in [4.69, 9.17) is 23.1 Å². The normalized spacial score (nSPS) is 9.95.